The van der Waals surface area contributed by atoms with Crippen LogP contribution in [0.2, 0.25) is 10.0 Å². The van der Waals surface area contributed by atoms with Crippen molar-refractivity contribution >= 4 is 50.0 Å². The number of halogens is 4. The van der Waals surface area contributed by atoms with Gasteiger partial charge < -0.3 is 4.98 Å². The first-order chi connectivity index (χ1) is 13.2. The van der Waals surface area contributed by atoms with Crippen LogP contribution in [-0.4, -0.2) is 28.1 Å². The van der Waals surface area contributed by atoms with Gasteiger partial charge in [0.25, 0.3) is 0 Å². The Bertz CT molecular complexity index is 1020. The first-order valence-electron chi connectivity index (χ1n) is 9.34. The molecule has 4 rings (SSSR count). The minimum absolute atomic E-state index is 0.141. The third-order valence-corrected chi connectivity index (χ3v) is 6.48. The van der Waals surface area contributed by atoms with E-state index in [-0.39, 0.29) is 18.6 Å². The number of para-hydroxylation sites is 1. The van der Waals surface area contributed by atoms with Crippen molar-refractivity contribution in [1.29, 1.82) is 0 Å². The Labute approximate surface area is 183 Å². The van der Waals surface area contributed by atoms with E-state index in [4.69, 9.17) is 23.2 Å². The van der Waals surface area contributed by atoms with Crippen LogP contribution in [0.3, 0.4) is 0 Å². The van der Waals surface area contributed by atoms with E-state index < -0.39 is 5.67 Å². The zero-order valence-corrected chi connectivity index (χ0v) is 19.1. The Morgan fingerprint density at radius 1 is 1.21 bits per heavy atom. The highest BCUT2D eigenvalue weighted by atomic mass is 79.9. The average Bonchev–Trinajstić information content (AvgIpc) is 2.94. The van der Waals surface area contributed by atoms with Crippen LogP contribution in [0.1, 0.15) is 43.6 Å². The number of fused-ring (bicyclic) bond motifs is 3. The van der Waals surface area contributed by atoms with Gasteiger partial charge in [-0.25, -0.2) is 4.39 Å². The van der Waals surface area contributed by atoms with Gasteiger partial charge in [-0.2, -0.15) is 0 Å². The van der Waals surface area contributed by atoms with Gasteiger partial charge in [0.2, 0.25) is 0 Å². The Balaban J connectivity index is 1.98. The first kappa shape index (κ1) is 20.2. The zero-order chi connectivity index (χ0) is 20.2. The number of aromatic nitrogens is 1. The SMILES string of the molecule is C[C@@H]1Cc2c([nH]c3ccccc23)[C@@H](c2c(Cl)cc(Br)cc2Cl)N1CC(C)(C)F. The first-order valence-corrected chi connectivity index (χ1v) is 10.9. The topological polar surface area (TPSA) is 19.0 Å². The predicted octanol–water partition coefficient (Wildman–Crippen LogP) is 7.32. The van der Waals surface area contributed by atoms with E-state index in [1.807, 2.05) is 24.3 Å². The molecule has 0 saturated carbocycles. The summed E-state index contributed by atoms with van der Waals surface area (Å²) in [6, 6.07) is 11.9. The maximum absolute atomic E-state index is 14.8. The number of nitrogens with zero attached hydrogens (tertiary/aromatic N) is 1. The summed E-state index contributed by atoms with van der Waals surface area (Å²) in [6.45, 7) is 5.66. The quantitative estimate of drug-likeness (QED) is 0.413. The van der Waals surface area contributed by atoms with Crippen LogP contribution in [0, 0.1) is 0 Å². The number of benzene rings is 2. The molecule has 2 aromatic carbocycles. The summed E-state index contributed by atoms with van der Waals surface area (Å²) < 4.78 is 15.6. The summed E-state index contributed by atoms with van der Waals surface area (Å²) in [6.07, 6.45) is 0.845. The van der Waals surface area contributed by atoms with E-state index in [0.717, 1.165) is 27.7 Å². The molecule has 0 unspecified atom stereocenters. The highest BCUT2D eigenvalue weighted by Crippen LogP contribution is 2.46. The van der Waals surface area contributed by atoms with Gasteiger partial charge in [-0.1, -0.05) is 57.3 Å². The van der Waals surface area contributed by atoms with Gasteiger partial charge in [-0.3, -0.25) is 4.90 Å². The van der Waals surface area contributed by atoms with Crippen molar-refractivity contribution in [2.24, 2.45) is 0 Å². The lowest BCUT2D eigenvalue weighted by molar-refractivity contribution is 0.0668. The van der Waals surface area contributed by atoms with Crippen LogP contribution in [0.5, 0.6) is 0 Å². The van der Waals surface area contributed by atoms with Gasteiger partial charge in [0.15, 0.2) is 0 Å². The molecule has 1 N–H and O–H groups in total. The number of H-pyrrole nitrogens is 1. The van der Waals surface area contributed by atoms with E-state index in [1.54, 1.807) is 13.8 Å². The number of aromatic amines is 1. The molecule has 0 spiro atoms. The lowest BCUT2D eigenvalue weighted by atomic mass is 9.87. The van der Waals surface area contributed by atoms with Crippen LogP contribution >= 0.6 is 39.1 Å². The van der Waals surface area contributed by atoms with Gasteiger partial charge in [-0.05, 0) is 51.0 Å². The minimum atomic E-state index is -1.34. The summed E-state index contributed by atoms with van der Waals surface area (Å²) in [5.41, 5.74) is 2.86. The molecule has 0 aliphatic carbocycles. The second-order valence-electron chi connectivity index (χ2n) is 8.19. The number of hydrogen-bond donors (Lipinski definition) is 1. The van der Waals surface area contributed by atoms with Gasteiger partial charge in [0, 0.05) is 49.3 Å². The normalized spacial score (nSPS) is 20.5. The standard InChI is InChI=1S/C22H22BrCl2FN2/c1-12-8-15-14-6-4-5-7-18(14)27-20(15)21(28(12)11-22(2,3)26)19-16(24)9-13(23)10-17(19)25/h4-7,9-10,12,21,27H,8,11H2,1-3H3/t12-,21-/m1/s1. The molecular formula is C22H22BrCl2FN2. The third kappa shape index (κ3) is 3.60. The minimum Gasteiger partial charge on any atom is -0.357 e. The fourth-order valence-electron chi connectivity index (χ4n) is 4.31. The average molecular weight is 484 g/mol. The largest absolute Gasteiger partial charge is 0.357 e. The van der Waals surface area contributed by atoms with E-state index in [1.165, 1.54) is 10.9 Å². The van der Waals surface area contributed by atoms with Crippen molar-refractivity contribution in [3.8, 4) is 0 Å². The molecule has 1 aliphatic heterocycles. The lowest BCUT2D eigenvalue weighted by Gasteiger charge is -2.43. The lowest BCUT2D eigenvalue weighted by Crippen LogP contribution is -2.47. The molecule has 0 bridgehead atoms. The summed E-state index contributed by atoms with van der Waals surface area (Å²) in [4.78, 5) is 5.76. The maximum Gasteiger partial charge on any atom is 0.118 e. The highest BCUT2D eigenvalue weighted by molar-refractivity contribution is 9.10. The molecule has 2 atom stereocenters. The number of alkyl halides is 1. The van der Waals surface area contributed by atoms with Crippen molar-refractivity contribution in [2.75, 3.05) is 6.54 Å². The van der Waals surface area contributed by atoms with E-state index in [0.29, 0.717) is 10.0 Å². The molecule has 1 aliphatic rings. The fourth-order valence-corrected chi connectivity index (χ4v) is 5.73. The number of rotatable bonds is 3. The van der Waals surface area contributed by atoms with Crippen molar-refractivity contribution in [1.82, 2.24) is 9.88 Å². The van der Waals surface area contributed by atoms with Crippen LogP contribution in [0.15, 0.2) is 40.9 Å². The fraction of sp³-hybridized carbons (Fsp3) is 0.364. The molecule has 28 heavy (non-hydrogen) atoms. The Hall–Kier alpha value is -1.07. The van der Waals surface area contributed by atoms with Crippen LogP contribution in [0.4, 0.5) is 4.39 Å². The molecule has 148 valence electrons. The smallest absolute Gasteiger partial charge is 0.118 e. The summed E-state index contributed by atoms with van der Waals surface area (Å²) in [5.74, 6) is 0. The van der Waals surface area contributed by atoms with Crippen molar-refractivity contribution < 1.29 is 4.39 Å². The molecular weight excluding hydrogens is 462 g/mol. The second-order valence-corrected chi connectivity index (χ2v) is 9.92. The zero-order valence-electron chi connectivity index (χ0n) is 16.0. The molecule has 0 saturated heterocycles. The second kappa shape index (κ2) is 7.32. The molecule has 0 radical (unpaired) electrons. The van der Waals surface area contributed by atoms with Gasteiger partial charge >= 0.3 is 0 Å². The molecule has 2 nitrogen and oxygen atoms in total. The van der Waals surface area contributed by atoms with Crippen LogP contribution in [0.25, 0.3) is 10.9 Å². The molecule has 6 heteroatoms. The molecule has 1 aromatic heterocycles. The van der Waals surface area contributed by atoms with Crippen LogP contribution < -0.4 is 0 Å². The highest BCUT2D eigenvalue weighted by Gasteiger charge is 2.40. The molecule has 2 heterocycles. The van der Waals surface area contributed by atoms with E-state index in [9.17, 15) is 4.39 Å². The van der Waals surface area contributed by atoms with Crippen molar-refractivity contribution in [3.05, 3.63) is 67.7 Å². The summed E-state index contributed by atoms with van der Waals surface area (Å²) in [5, 5.41) is 2.35. The monoisotopic (exact) mass is 482 g/mol. The maximum atomic E-state index is 14.8. The van der Waals surface area contributed by atoms with E-state index in [2.05, 4.69) is 44.9 Å². The van der Waals surface area contributed by atoms with Crippen molar-refractivity contribution in [2.45, 2.75) is 44.9 Å². The molecule has 0 amide bonds. The number of hydrogen-bond acceptors (Lipinski definition) is 1. The number of nitrogens with one attached hydrogen (secondary N) is 1. The van der Waals surface area contributed by atoms with Gasteiger partial charge in [-0.15, -0.1) is 0 Å². The van der Waals surface area contributed by atoms with Gasteiger partial charge in [0.1, 0.15) is 5.67 Å². The van der Waals surface area contributed by atoms with Crippen LogP contribution in [-0.2, 0) is 6.42 Å². The van der Waals surface area contributed by atoms with E-state index >= 15 is 0 Å². The van der Waals surface area contributed by atoms with Gasteiger partial charge in [0.05, 0.1) is 6.04 Å². The van der Waals surface area contributed by atoms with Crippen molar-refractivity contribution in [3.63, 3.8) is 0 Å². The third-order valence-electron chi connectivity index (χ3n) is 5.39. The molecule has 3 aromatic rings. The Morgan fingerprint density at radius 3 is 2.50 bits per heavy atom. The molecule has 0 fully saturated rings. The Morgan fingerprint density at radius 2 is 1.86 bits per heavy atom. The predicted molar refractivity (Wildman–Crippen MR) is 119 cm³/mol. The Kier molecular flexibility index (Phi) is 5.28. The summed E-state index contributed by atoms with van der Waals surface area (Å²) in [7, 11) is 0. The summed E-state index contributed by atoms with van der Waals surface area (Å²) >= 11 is 16.8.